The molecule has 1 atom stereocenters. The molecule has 5 nitrogen and oxygen atoms in total. The maximum Gasteiger partial charge on any atom is 0.146 e. The largest absolute Gasteiger partial charge is 0.315 e. The Kier molecular flexibility index (Phi) is 2.60. The molecule has 88 valence electrons. The second-order valence-electron chi connectivity index (χ2n) is 4.18. The van der Waals surface area contributed by atoms with E-state index in [0.29, 0.717) is 18.8 Å². The molecule has 0 aromatic carbocycles. The predicted molar refractivity (Wildman–Crippen MR) is 65.2 cm³/mol. The lowest BCUT2D eigenvalue weighted by Crippen LogP contribution is -2.36. The summed E-state index contributed by atoms with van der Waals surface area (Å²) < 4.78 is 5.21. The third kappa shape index (κ3) is 1.83. The minimum atomic E-state index is -0.201. The number of aryl methyl sites for hydroxylation is 1. The Balaban J connectivity index is 2.04. The van der Waals surface area contributed by atoms with Crippen LogP contribution in [-0.4, -0.2) is 33.2 Å². The Morgan fingerprint density at radius 1 is 1.53 bits per heavy atom. The fourth-order valence-electron chi connectivity index (χ4n) is 2.02. The smallest absolute Gasteiger partial charge is 0.146 e. The predicted octanol–water partition coefficient (Wildman–Crippen LogP) is 1.04. The first kappa shape index (κ1) is 10.7. The van der Waals surface area contributed by atoms with Crippen molar-refractivity contribution in [2.45, 2.75) is 19.3 Å². The van der Waals surface area contributed by atoms with Crippen LogP contribution in [0.25, 0.3) is 10.2 Å². The summed E-state index contributed by atoms with van der Waals surface area (Å²) in [7, 11) is 0. The molecule has 2 aromatic rings. The van der Waals surface area contributed by atoms with Gasteiger partial charge in [-0.1, -0.05) is 0 Å². The van der Waals surface area contributed by atoms with E-state index in [1.807, 2.05) is 6.92 Å². The average Bonchev–Trinajstić information content (AvgIpc) is 2.71. The van der Waals surface area contributed by atoms with Crippen molar-refractivity contribution in [2.75, 3.05) is 13.1 Å². The first-order valence-corrected chi connectivity index (χ1v) is 6.35. The number of carbonyl (C=O) groups excluding carboxylic acids is 1. The summed E-state index contributed by atoms with van der Waals surface area (Å²) in [6.45, 7) is 3.33. The van der Waals surface area contributed by atoms with E-state index in [1.165, 1.54) is 11.5 Å². The van der Waals surface area contributed by atoms with Gasteiger partial charge in [0.2, 0.25) is 0 Å². The maximum absolute atomic E-state index is 11.8. The highest BCUT2D eigenvalue weighted by Crippen LogP contribution is 2.23. The Hall–Kier alpha value is -1.40. The molecule has 0 spiro atoms. The number of fused-ring (bicyclic) bond motifs is 1. The molecular weight excluding hydrogens is 236 g/mol. The zero-order chi connectivity index (χ0) is 11.8. The highest BCUT2D eigenvalue weighted by atomic mass is 32.1. The number of Topliss-reactive ketones (excluding diaryl/α,β-unsaturated/α-hetero) is 1. The zero-order valence-electron chi connectivity index (χ0n) is 9.43. The van der Waals surface area contributed by atoms with Gasteiger partial charge >= 0.3 is 0 Å². The normalized spacial score (nSPS) is 21.0. The fraction of sp³-hybridized carbons (Fsp3) is 0.455. The number of nitrogens with one attached hydrogen (secondary N) is 1. The summed E-state index contributed by atoms with van der Waals surface area (Å²) in [4.78, 5) is 20.6. The third-order valence-corrected chi connectivity index (χ3v) is 3.86. The summed E-state index contributed by atoms with van der Waals surface area (Å²) in [5.74, 6) is 0.648. The average molecular weight is 248 g/mol. The number of hydrogen-bond acceptors (Lipinski definition) is 6. The molecular formula is C11H12N4OS. The van der Waals surface area contributed by atoms with Crippen LogP contribution in [-0.2, 0) is 4.79 Å². The topological polar surface area (TPSA) is 67.8 Å². The molecule has 3 rings (SSSR count). The van der Waals surface area contributed by atoms with Crippen LogP contribution in [0.2, 0.25) is 0 Å². The van der Waals surface area contributed by atoms with Crippen molar-refractivity contribution in [2.24, 2.45) is 0 Å². The van der Waals surface area contributed by atoms with Crippen molar-refractivity contribution in [3.05, 3.63) is 17.7 Å². The first-order chi connectivity index (χ1) is 8.25. The summed E-state index contributed by atoms with van der Waals surface area (Å²) in [5, 5.41) is 3.21. The standard InChI is InChI=1S/C11H12N4OS/c1-6-10-9(17-15-6)5-13-11(14-10)7-4-12-3-2-8(7)16/h5,7,12H,2-4H2,1H3. The molecule has 1 aliphatic heterocycles. The minimum absolute atomic E-state index is 0.201. The molecule has 3 heterocycles. The maximum atomic E-state index is 11.8. The van der Waals surface area contributed by atoms with Gasteiger partial charge in [0.1, 0.15) is 17.1 Å². The van der Waals surface area contributed by atoms with Crippen LogP contribution in [0, 0.1) is 6.92 Å². The van der Waals surface area contributed by atoms with E-state index in [2.05, 4.69) is 19.7 Å². The fourth-order valence-corrected chi connectivity index (χ4v) is 2.72. The number of nitrogens with zero attached hydrogens (tertiary/aromatic N) is 3. The van der Waals surface area contributed by atoms with E-state index < -0.39 is 0 Å². The Morgan fingerprint density at radius 2 is 2.41 bits per heavy atom. The second kappa shape index (κ2) is 4.12. The van der Waals surface area contributed by atoms with Crippen molar-refractivity contribution < 1.29 is 4.79 Å². The lowest BCUT2D eigenvalue weighted by molar-refractivity contribution is -0.121. The lowest BCUT2D eigenvalue weighted by Gasteiger charge is -2.20. The van der Waals surface area contributed by atoms with Crippen molar-refractivity contribution in [3.63, 3.8) is 0 Å². The lowest BCUT2D eigenvalue weighted by atomic mass is 9.97. The molecule has 0 amide bonds. The van der Waals surface area contributed by atoms with Crippen molar-refractivity contribution >= 4 is 27.5 Å². The zero-order valence-corrected chi connectivity index (χ0v) is 10.3. The van der Waals surface area contributed by atoms with Gasteiger partial charge in [-0.2, -0.15) is 4.37 Å². The van der Waals surface area contributed by atoms with E-state index in [-0.39, 0.29) is 11.7 Å². The molecule has 1 saturated heterocycles. The van der Waals surface area contributed by atoms with E-state index >= 15 is 0 Å². The monoisotopic (exact) mass is 248 g/mol. The van der Waals surface area contributed by atoms with E-state index in [1.54, 1.807) is 6.20 Å². The van der Waals surface area contributed by atoms with Crippen LogP contribution in [0.1, 0.15) is 23.9 Å². The molecule has 0 bridgehead atoms. The number of rotatable bonds is 1. The summed E-state index contributed by atoms with van der Waals surface area (Å²) in [6, 6.07) is 0. The van der Waals surface area contributed by atoms with E-state index in [9.17, 15) is 4.79 Å². The van der Waals surface area contributed by atoms with Gasteiger partial charge in [-0.05, 0) is 18.5 Å². The van der Waals surface area contributed by atoms with E-state index in [0.717, 1.165) is 22.5 Å². The molecule has 0 radical (unpaired) electrons. The number of ketones is 1. The molecule has 2 aromatic heterocycles. The second-order valence-corrected chi connectivity index (χ2v) is 4.99. The SMILES string of the molecule is Cc1nsc2cnc(C3CNCCC3=O)nc12. The van der Waals surface area contributed by atoms with Crippen LogP contribution in [0.4, 0.5) is 0 Å². The van der Waals surface area contributed by atoms with Crippen molar-refractivity contribution in [1.29, 1.82) is 0 Å². The number of hydrogen-bond donors (Lipinski definition) is 1. The number of piperidine rings is 1. The quantitative estimate of drug-likeness (QED) is 0.816. The van der Waals surface area contributed by atoms with Crippen LogP contribution in [0.15, 0.2) is 6.20 Å². The van der Waals surface area contributed by atoms with Gasteiger partial charge in [0.05, 0.1) is 22.5 Å². The number of carbonyl (C=O) groups is 1. The molecule has 0 saturated carbocycles. The molecule has 1 unspecified atom stereocenters. The van der Waals surface area contributed by atoms with Gasteiger partial charge in [0.15, 0.2) is 0 Å². The minimum Gasteiger partial charge on any atom is -0.315 e. The summed E-state index contributed by atoms with van der Waals surface area (Å²) >= 11 is 1.39. The van der Waals surface area contributed by atoms with Gasteiger partial charge in [-0.15, -0.1) is 0 Å². The molecule has 1 fully saturated rings. The van der Waals surface area contributed by atoms with Gasteiger partial charge in [-0.3, -0.25) is 4.79 Å². The first-order valence-electron chi connectivity index (χ1n) is 5.58. The molecule has 1 N–H and O–H groups in total. The summed E-state index contributed by atoms with van der Waals surface area (Å²) in [5.41, 5.74) is 1.78. The molecule has 1 aliphatic rings. The molecule has 17 heavy (non-hydrogen) atoms. The Morgan fingerprint density at radius 3 is 3.24 bits per heavy atom. The van der Waals surface area contributed by atoms with Crippen molar-refractivity contribution in [1.82, 2.24) is 19.7 Å². The Bertz CT molecular complexity index is 580. The van der Waals surface area contributed by atoms with E-state index in [4.69, 9.17) is 0 Å². The summed E-state index contributed by atoms with van der Waals surface area (Å²) in [6.07, 6.45) is 2.33. The van der Waals surface area contributed by atoms with Crippen LogP contribution in [0.5, 0.6) is 0 Å². The highest BCUT2D eigenvalue weighted by molar-refractivity contribution is 7.13. The molecule has 6 heteroatoms. The third-order valence-electron chi connectivity index (χ3n) is 2.99. The van der Waals surface area contributed by atoms with Gasteiger partial charge in [0.25, 0.3) is 0 Å². The molecule has 0 aliphatic carbocycles. The van der Waals surface area contributed by atoms with Crippen LogP contribution < -0.4 is 5.32 Å². The number of aromatic nitrogens is 3. The van der Waals surface area contributed by atoms with Crippen LogP contribution >= 0.6 is 11.5 Å². The van der Waals surface area contributed by atoms with Gasteiger partial charge in [-0.25, -0.2) is 9.97 Å². The van der Waals surface area contributed by atoms with Crippen LogP contribution in [0.3, 0.4) is 0 Å². The van der Waals surface area contributed by atoms with Gasteiger partial charge in [0, 0.05) is 19.5 Å². The highest BCUT2D eigenvalue weighted by Gasteiger charge is 2.26. The van der Waals surface area contributed by atoms with Gasteiger partial charge < -0.3 is 5.32 Å². The van der Waals surface area contributed by atoms with Crippen molar-refractivity contribution in [3.8, 4) is 0 Å². The Labute approximate surface area is 102 Å².